The van der Waals surface area contributed by atoms with Crippen LogP contribution < -0.4 is 10.1 Å². The summed E-state index contributed by atoms with van der Waals surface area (Å²) in [5.41, 5.74) is 0.940. The van der Waals surface area contributed by atoms with Gasteiger partial charge in [0.15, 0.2) is 0 Å². The highest BCUT2D eigenvalue weighted by atomic mass is 16.5. The monoisotopic (exact) mass is 349 g/mol. The molecule has 1 N–H and O–H groups in total. The fraction of sp³-hybridized carbons (Fsp3) is 0.105. The average Bonchev–Trinajstić information content (AvgIpc) is 2.62. The second-order valence-corrected chi connectivity index (χ2v) is 5.13. The van der Waals surface area contributed by atoms with Crippen molar-refractivity contribution in [2.75, 3.05) is 0 Å². The second-order valence-electron chi connectivity index (χ2n) is 5.13. The Balaban J connectivity index is 0.00000364. The molecule has 0 spiro atoms. The van der Waals surface area contributed by atoms with Gasteiger partial charge in [0, 0.05) is 37.2 Å². The van der Waals surface area contributed by atoms with E-state index < -0.39 is 5.91 Å². The van der Waals surface area contributed by atoms with Crippen LogP contribution in [0.4, 0.5) is 0 Å². The van der Waals surface area contributed by atoms with Crippen LogP contribution >= 0.6 is 0 Å². The van der Waals surface area contributed by atoms with Crippen molar-refractivity contribution in [1.82, 2.24) is 15.3 Å². The van der Waals surface area contributed by atoms with E-state index in [0.29, 0.717) is 17.2 Å². The van der Waals surface area contributed by atoms with Gasteiger partial charge in [0.05, 0.1) is 12.3 Å². The summed E-state index contributed by atoms with van der Waals surface area (Å²) < 4.78 is 5.70. The van der Waals surface area contributed by atoms with Gasteiger partial charge in [-0.15, -0.1) is 0 Å². The van der Waals surface area contributed by atoms with Crippen LogP contribution in [0.2, 0.25) is 0 Å². The van der Waals surface area contributed by atoms with Crippen LogP contribution in [0.25, 0.3) is 0 Å². The Labute approximate surface area is 152 Å². The first-order valence-electron chi connectivity index (χ1n) is 7.69. The Morgan fingerprint density at radius 2 is 2.27 bits per heavy atom. The first-order valence-corrected chi connectivity index (χ1v) is 7.69. The zero-order valence-corrected chi connectivity index (χ0v) is 14.4. The number of rotatable bonds is 6. The van der Waals surface area contributed by atoms with Gasteiger partial charge in [-0.25, -0.2) is 9.98 Å². The predicted molar refractivity (Wildman–Crippen MR) is 99.9 cm³/mol. The number of hydrogen-bond acceptors (Lipinski definition) is 6. The summed E-state index contributed by atoms with van der Waals surface area (Å²) in [5.74, 6) is 0.724. The van der Waals surface area contributed by atoms with Crippen molar-refractivity contribution in [3.05, 3.63) is 72.1 Å². The van der Waals surface area contributed by atoms with Crippen LogP contribution in [0.3, 0.4) is 0 Å². The Hall–Kier alpha value is -3.79. The van der Waals surface area contributed by atoms with Crippen LogP contribution in [0.5, 0.6) is 11.5 Å². The third-order valence-electron chi connectivity index (χ3n) is 2.99. The van der Waals surface area contributed by atoms with Crippen molar-refractivity contribution in [3.63, 3.8) is 0 Å². The predicted octanol–water partition coefficient (Wildman–Crippen LogP) is 3.57. The highest BCUT2D eigenvalue weighted by Gasteiger charge is 2.12. The molecule has 2 rings (SSSR count). The quantitative estimate of drug-likeness (QED) is 0.488. The number of aryl methyl sites for hydroxylation is 1. The minimum atomic E-state index is -0.479. The third-order valence-corrected chi connectivity index (χ3v) is 2.99. The number of aromatic nitrogens is 2. The minimum absolute atomic E-state index is 0. The summed E-state index contributed by atoms with van der Waals surface area (Å²) >= 11 is 0. The molecular formula is C19H19N5O2. The Morgan fingerprint density at radius 1 is 1.46 bits per heavy atom. The van der Waals surface area contributed by atoms with Crippen molar-refractivity contribution in [1.29, 1.82) is 5.26 Å². The summed E-state index contributed by atoms with van der Waals surface area (Å²) in [4.78, 5) is 24.7. The lowest BCUT2D eigenvalue weighted by molar-refractivity contribution is 0.0960. The number of nitrogens with one attached hydrogen (secondary N) is 1. The summed E-state index contributed by atoms with van der Waals surface area (Å²) in [7, 11) is 0. The van der Waals surface area contributed by atoms with E-state index in [4.69, 9.17) is 10.00 Å². The lowest BCUT2D eigenvalue weighted by Gasteiger charge is -2.09. The van der Waals surface area contributed by atoms with Crippen molar-refractivity contribution >= 4 is 12.1 Å². The number of amides is 1. The number of carbonyl (C=O) groups excluding carboxylic acids is 1. The maximum atomic E-state index is 12.5. The SMILES string of the molecule is C=C(C#N)/C=C(\N=C/C)NC(=O)c1cc(Oc2cccnc2)cc(C)n1.[HH]. The molecule has 2 aromatic rings. The molecule has 1 amide bonds. The van der Waals surface area contributed by atoms with Gasteiger partial charge in [0.2, 0.25) is 0 Å². The summed E-state index contributed by atoms with van der Waals surface area (Å²) in [6.07, 6.45) is 6.08. The molecule has 0 saturated carbocycles. The van der Waals surface area contributed by atoms with Gasteiger partial charge in [0.1, 0.15) is 23.0 Å². The number of pyridine rings is 2. The van der Waals surface area contributed by atoms with Gasteiger partial charge in [-0.05, 0) is 32.1 Å². The van der Waals surface area contributed by atoms with Crippen LogP contribution in [0, 0.1) is 18.3 Å². The average molecular weight is 349 g/mol. The lowest BCUT2D eigenvalue weighted by atomic mass is 10.2. The highest BCUT2D eigenvalue weighted by Crippen LogP contribution is 2.21. The van der Waals surface area contributed by atoms with E-state index in [1.807, 2.05) is 6.07 Å². The number of nitrogens with zero attached hydrogens (tertiary/aromatic N) is 4. The molecule has 0 bridgehead atoms. The molecule has 132 valence electrons. The van der Waals surface area contributed by atoms with Gasteiger partial charge in [-0.3, -0.25) is 9.78 Å². The van der Waals surface area contributed by atoms with Crippen molar-refractivity contribution in [3.8, 4) is 17.6 Å². The van der Waals surface area contributed by atoms with Crippen LogP contribution in [-0.2, 0) is 0 Å². The normalized spacial score (nSPS) is 11.0. The second kappa shape index (κ2) is 8.89. The molecule has 26 heavy (non-hydrogen) atoms. The fourth-order valence-electron chi connectivity index (χ4n) is 1.98. The van der Waals surface area contributed by atoms with Crippen molar-refractivity contribution < 1.29 is 11.0 Å². The topological polar surface area (TPSA) is 100 Å². The highest BCUT2D eigenvalue weighted by molar-refractivity contribution is 5.94. The first kappa shape index (κ1) is 18.5. The molecule has 0 atom stereocenters. The molecule has 0 radical (unpaired) electrons. The maximum absolute atomic E-state index is 12.5. The molecule has 0 unspecified atom stereocenters. The van der Waals surface area contributed by atoms with Gasteiger partial charge < -0.3 is 10.1 Å². The van der Waals surface area contributed by atoms with Crippen LogP contribution in [0.15, 0.2) is 65.7 Å². The molecule has 0 aliphatic carbocycles. The smallest absolute Gasteiger partial charge is 0.275 e. The number of nitriles is 1. The maximum Gasteiger partial charge on any atom is 0.275 e. The van der Waals surface area contributed by atoms with E-state index in [-0.39, 0.29) is 18.5 Å². The Morgan fingerprint density at radius 3 is 2.92 bits per heavy atom. The van der Waals surface area contributed by atoms with E-state index in [1.165, 1.54) is 18.4 Å². The molecule has 0 aromatic carbocycles. The zero-order chi connectivity index (χ0) is 18.9. The van der Waals surface area contributed by atoms with Gasteiger partial charge in [0.25, 0.3) is 5.91 Å². The van der Waals surface area contributed by atoms with Crippen LogP contribution in [0.1, 0.15) is 24.5 Å². The Bertz CT molecular complexity index is 917. The van der Waals surface area contributed by atoms with Crippen LogP contribution in [-0.4, -0.2) is 22.1 Å². The number of hydrogen-bond donors (Lipinski definition) is 1. The summed E-state index contributed by atoms with van der Waals surface area (Å²) in [5, 5.41) is 11.4. The number of allylic oxidation sites excluding steroid dienone is 2. The molecular weight excluding hydrogens is 330 g/mol. The third kappa shape index (κ3) is 5.39. The van der Waals surface area contributed by atoms with Crippen molar-refractivity contribution in [2.24, 2.45) is 4.99 Å². The molecule has 0 aliphatic rings. The standard InChI is InChI=1S/C19H17N5O2.H2/c1-4-22-18(8-13(2)11-20)24-19(25)17-10-16(9-14(3)23-17)26-15-6-5-7-21-12-15;/h4-10,12H,2H2,1,3H3,(H,24,25);1H/b18-8+,22-4-;. The Kier molecular flexibility index (Phi) is 6.34. The number of carbonyl (C=O) groups is 1. The zero-order valence-electron chi connectivity index (χ0n) is 14.4. The lowest BCUT2D eigenvalue weighted by Crippen LogP contribution is -2.23. The number of ether oxygens (including phenoxy) is 1. The van der Waals surface area contributed by atoms with Gasteiger partial charge in [-0.2, -0.15) is 5.26 Å². The van der Waals surface area contributed by atoms with E-state index in [2.05, 4.69) is 26.9 Å². The molecule has 0 aliphatic heterocycles. The number of aliphatic imine (C=N–C) groups is 1. The molecule has 0 saturated heterocycles. The van der Waals surface area contributed by atoms with E-state index in [1.54, 1.807) is 44.4 Å². The summed E-state index contributed by atoms with van der Waals surface area (Å²) in [6, 6.07) is 8.61. The largest absolute Gasteiger partial charge is 0.456 e. The molecule has 7 heteroatoms. The van der Waals surface area contributed by atoms with Gasteiger partial charge in [-0.1, -0.05) is 6.58 Å². The molecule has 2 heterocycles. The molecule has 0 fully saturated rings. The van der Waals surface area contributed by atoms with Gasteiger partial charge >= 0.3 is 0 Å². The van der Waals surface area contributed by atoms with E-state index >= 15 is 0 Å². The summed E-state index contributed by atoms with van der Waals surface area (Å²) in [6.45, 7) is 7.00. The van der Waals surface area contributed by atoms with E-state index in [9.17, 15) is 4.79 Å². The van der Waals surface area contributed by atoms with Crippen molar-refractivity contribution in [2.45, 2.75) is 13.8 Å². The molecule has 7 nitrogen and oxygen atoms in total. The molecule has 2 aromatic heterocycles. The first-order chi connectivity index (χ1) is 12.5. The van der Waals surface area contributed by atoms with E-state index in [0.717, 1.165) is 0 Å². The fourth-order valence-corrected chi connectivity index (χ4v) is 1.98. The minimum Gasteiger partial charge on any atom is -0.456 e.